The van der Waals surface area contributed by atoms with Crippen molar-refractivity contribution < 1.29 is 4.39 Å². The number of likely N-dealkylation sites (tertiary alicyclic amines) is 1. The molecule has 2 unspecified atom stereocenters. The van der Waals surface area contributed by atoms with Crippen molar-refractivity contribution in [2.24, 2.45) is 0 Å². The van der Waals surface area contributed by atoms with E-state index in [1.165, 1.54) is 17.2 Å². The second-order valence-electron chi connectivity index (χ2n) is 10.9. The van der Waals surface area contributed by atoms with E-state index in [1.54, 1.807) is 0 Å². The van der Waals surface area contributed by atoms with Crippen LogP contribution in [0.25, 0.3) is 33.1 Å². The smallest absolute Gasteiger partial charge is 0.165 e. The first-order valence-corrected chi connectivity index (χ1v) is 13.8. The van der Waals surface area contributed by atoms with E-state index in [-0.39, 0.29) is 6.04 Å². The van der Waals surface area contributed by atoms with Gasteiger partial charge in [-0.25, -0.2) is 19.3 Å². The topological polar surface area (TPSA) is 48.4 Å². The van der Waals surface area contributed by atoms with Crippen molar-refractivity contribution in [2.45, 2.75) is 38.3 Å². The standard InChI is InChI=1S/C32H35FN6/c1-21-20-38(17-18-39(21)23(3)22(2)33)32-28-14-15-29(27-13-7-10-24-9-5-6-12-26(24)27)34-31(28)35-30(36-32)19-25-11-8-16-37(25)4/h5-7,9-10,12-15,21,25H,2-3,8,11,16-20H2,1,4H3. The fourth-order valence-corrected chi connectivity index (χ4v) is 6.12. The summed E-state index contributed by atoms with van der Waals surface area (Å²) in [6, 6.07) is 19.4. The number of allylic oxidation sites excluding steroid dienone is 1. The van der Waals surface area contributed by atoms with Crippen LogP contribution in [0.3, 0.4) is 0 Å². The molecule has 0 amide bonds. The number of nitrogens with zero attached hydrogens (tertiary/aromatic N) is 6. The minimum Gasteiger partial charge on any atom is -0.363 e. The van der Waals surface area contributed by atoms with Gasteiger partial charge >= 0.3 is 0 Å². The number of halogens is 1. The normalized spacial score (nSPS) is 20.2. The van der Waals surface area contributed by atoms with E-state index in [2.05, 4.69) is 91.5 Å². The molecule has 0 aliphatic carbocycles. The van der Waals surface area contributed by atoms with Crippen LogP contribution in [-0.4, -0.2) is 70.1 Å². The summed E-state index contributed by atoms with van der Waals surface area (Å²) in [4.78, 5) is 22.0. The molecule has 39 heavy (non-hydrogen) atoms. The molecule has 2 aliphatic rings. The number of rotatable bonds is 6. The summed E-state index contributed by atoms with van der Waals surface area (Å²) in [6.07, 6.45) is 3.16. The summed E-state index contributed by atoms with van der Waals surface area (Å²) in [7, 11) is 2.18. The van der Waals surface area contributed by atoms with Gasteiger partial charge in [-0.15, -0.1) is 0 Å². The Bertz CT molecular complexity index is 1560. The lowest BCUT2D eigenvalue weighted by Crippen LogP contribution is -2.51. The molecule has 0 radical (unpaired) electrons. The Labute approximate surface area is 229 Å². The van der Waals surface area contributed by atoms with Crippen LogP contribution in [0.1, 0.15) is 25.6 Å². The lowest BCUT2D eigenvalue weighted by Gasteiger charge is -2.42. The zero-order valence-electron chi connectivity index (χ0n) is 22.8. The number of pyridine rings is 1. The predicted octanol–water partition coefficient (Wildman–Crippen LogP) is 5.99. The van der Waals surface area contributed by atoms with Gasteiger partial charge < -0.3 is 14.7 Å². The number of benzene rings is 2. The van der Waals surface area contributed by atoms with Gasteiger partial charge in [0.2, 0.25) is 0 Å². The summed E-state index contributed by atoms with van der Waals surface area (Å²) < 4.78 is 13.9. The molecule has 7 heteroatoms. The van der Waals surface area contributed by atoms with Crippen LogP contribution < -0.4 is 4.90 Å². The van der Waals surface area contributed by atoms with Crippen LogP contribution >= 0.6 is 0 Å². The molecule has 2 atom stereocenters. The third kappa shape index (κ3) is 4.87. The van der Waals surface area contributed by atoms with E-state index in [1.807, 2.05) is 4.90 Å². The highest BCUT2D eigenvalue weighted by Gasteiger charge is 2.29. The van der Waals surface area contributed by atoms with E-state index >= 15 is 0 Å². The SMILES string of the molecule is C=C(F)C(=C)N1CCN(c2nc(CC3CCCN3C)nc3nc(-c4cccc5ccccc45)ccc23)CC1C. The average molecular weight is 523 g/mol. The van der Waals surface area contributed by atoms with Crippen molar-refractivity contribution in [3.63, 3.8) is 0 Å². The largest absolute Gasteiger partial charge is 0.363 e. The van der Waals surface area contributed by atoms with Crippen LogP contribution in [0.4, 0.5) is 10.2 Å². The van der Waals surface area contributed by atoms with Gasteiger partial charge in [0.05, 0.1) is 16.8 Å². The monoisotopic (exact) mass is 522 g/mol. The highest BCUT2D eigenvalue weighted by molar-refractivity contribution is 5.97. The Kier molecular flexibility index (Phi) is 6.77. The zero-order chi connectivity index (χ0) is 27.1. The summed E-state index contributed by atoms with van der Waals surface area (Å²) in [6.45, 7) is 12.6. The maximum absolute atomic E-state index is 13.9. The maximum atomic E-state index is 13.9. The third-order valence-corrected chi connectivity index (χ3v) is 8.33. The summed E-state index contributed by atoms with van der Waals surface area (Å²) in [5, 5.41) is 3.31. The van der Waals surface area contributed by atoms with Gasteiger partial charge in [0.1, 0.15) is 17.5 Å². The number of anilines is 1. The number of likely N-dealkylation sites (N-methyl/N-ethyl adjacent to an activating group) is 1. The van der Waals surface area contributed by atoms with Gasteiger partial charge in [-0.05, 0) is 56.3 Å². The number of hydrogen-bond acceptors (Lipinski definition) is 6. The van der Waals surface area contributed by atoms with Gasteiger partial charge in [-0.2, -0.15) is 0 Å². The first kappa shape index (κ1) is 25.4. The molecule has 2 saturated heterocycles. The molecule has 2 aromatic carbocycles. The van der Waals surface area contributed by atoms with Crippen molar-refractivity contribution in [3.05, 3.63) is 85.1 Å². The zero-order valence-corrected chi connectivity index (χ0v) is 22.8. The second-order valence-corrected chi connectivity index (χ2v) is 10.9. The summed E-state index contributed by atoms with van der Waals surface area (Å²) in [5.74, 6) is 1.26. The Morgan fingerprint density at radius 3 is 2.54 bits per heavy atom. The second kappa shape index (κ2) is 10.4. The molecule has 0 saturated carbocycles. The minimum absolute atomic E-state index is 0.0658. The number of aromatic nitrogens is 3. The van der Waals surface area contributed by atoms with Crippen molar-refractivity contribution in [2.75, 3.05) is 38.1 Å². The quantitative estimate of drug-likeness (QED) is 0.290. The van der Waals surface area contributed by atoms with Gasteiger partial charge in [-0.1, -0.05) is 55.6 Å². The Morgan fingerprint density at radius 1 is 0.949 bits per heavy atom. The third-order valence-electron chi connectivity index (χ3n) is 8.33. The van der Waals surface area contributed by atoms with E-state index in [9.17, 15) is 4.39 Å². The molecule has 200 valence electrons. The van der Waals surface area contributed by atoms with E-state index in [0.29, 0.717) is 31.4 Å². The van der Waals surface area contributed by atoms with Crippen molar-refractivity contribution in [1.29, 1.82) is 0 Å². The van der Waals surface area contributed by atoms with E-state index in [0.717, 1.165) is 53.3 Å². The summed E-state index contributed by atoms with van der Waals surface area (Å²) >= 11 is 0. The van der Waals surface area contributed by atoms with Crippen molar-refractivity contribution in [1.82, 2.24) is 24.8 Å². The van der Waals surface area contributed by atoms with Crippen LogP contribution in [0.5, 0.6) is 0 Å². The van der Waals surface area contributed by atoms with Crippen LogP contribution in [0.2, 0.25) is 0 Å². The van der Waals surface area contributed by atoms with E-state index < -0.39 is 5.83 Å². The highest BCUT2D eigenvalue weighted by atomic mass is 19.1. The summed E-state index contributed by atoms with van der Waals surface area (Å²) in [5.41, 5.74) is 3.09. The molecule has 6 rings (SSSR count). The molecule has 0 N–H and O–H groups in total. The van der Waals surface area contributed by atoms with Gasteiger partial charge in [-0.3, -0.25) is 0 Å². The molecule has 4 aromatic rings. The minimum atomic E-state index is -0.476. The van der Waals surface area contributed by atoms with Gasteiger partial charge in [0, 0.05) is 43.7 Å². The van der Waals surface area contributed by atoms with Crippen LogP contribution in [0, 0.1) is 0 Å². The molecular weight excluding hydrogens is 487 g/mol. The predicted molar refractivity (Wildman–Crippen MR) is 157 cm³/mol. The Morgan fingerprint density at radius 2 is 1.77 bits per heavy atom. The van der Waals surface area contributed by atoms with E-state index in [4.69, 9.17) is 15.0 Å². The highest BCUT2D eigenvalue weighted by Crippen LogP contribution is 2.32. The maximum Gasteiger partial charge on any atom is 0.165 e. The molecule has 2 aromatic heterocycles. The number of piperazine rings is 1. The molecule has 2 aliphatic heterocycles. The lowest BCUT2D eigenvalue weighted by molar-refractivity contribution is 0.240. The fraction of sp³-hybridized carbons (Fsp3) is 0.344. The molecule has 4 heterocycles. The fourth-order valence-electron chi connectivity index (χ4n) is 6.12. The number of hydrogen-bond donors (Lipinski definition) is 0. The Balaban J connectivity index is 1.42. The molecule has 0 spiro atoms. The number of fused-ring (bicyclic) bond motifs is 2. The van der Waals surface area contributed by atoms with Gasteiger partial charge in [0.25, 0.3) is 0 Å². The molecule has 6 nitrogen and oxygen atoms in total. The van der Waals surface area contributed by atoms with Crippen molar-refractivity contribution >= 4 is 27.6 Å². The Hall–Kier alpha value is -3.84. The molecule has 0 bridgehead atoms. The van der Waals surface area contributed by atoms with Crippen LogP contribution in [0.15, 0.2) is 79.3 Å². The molecule has 2 fully saturated rings. The van der Waals surface area contributed by atoms with Crippen molar-refractivity contribution in [3.8, 4) is 11.3 Å². The first-order chi connectivity index (χ1) is 18.9. The van der Waals surface area contributed by atoms with Crippen LogP contribution in [-0.2, 0) is 6.42 Å². The molecular formula is C32H35FN6. The average Bonchev–Trinajstić information content (AvgIpc) is 3.35. The lowest BCUT2D eigenvalue weighted by atomic mass is 10.0. The first-order valence-electron chi connectivity index (χ1n) is 13.8. The van der Waals surface area contributed by atoms with Gasteiger partial charge in [0.15, 0.2) is 5.65 Å².